The van der Waals surface area contributed by atoms with Gasteiger partial charge in [0, 0.05) is 5.56 Å². The van der Waals surface area contributed by atoms with Crippen molar-refractivity contribution in [3.8, 4) is 16.9 Å². The van der Waals surface area contributed by atoms with Crippen molar-refractivity contribution in [2.24, 2.45) is 5.92 Å². The average Bonchev–Trinajstić information content (AvgIpc) is 3.11. The molecular formula is C38H37NO4. The molecule has 0 aromatic heterocycles. The van der Waals surface area contributed by atoms with Gasteiger partial charge in [0.05, 0.1) is 11.6 Å². The van der Waals surface area contributed by atoms with Crippen LogP contribution in [0, 0.1) is 5.92 Å². The van der Waals surface area contributed by atoms with Gasteiger partial charge < -0.3 is 15.2 Å². The van der Waals surface area contributed by atoms with Crippen molar-refractivity contribution in [2.45, 2.75) is 52.0 Å². The molecule has 0 radical (unpaired) electrons. The monoisotopic (exact) mass is 571 g/mol. The van der Waals surface area contributed by atoms with Crippen LogP contribution in [0.5, 0.6) is 5.75 Å². The Morgan fingerprint density at radius 2 is 1.63 bits per heavy atom. The second-order valence-corrected chi connectivity index (χ2v) is 12.0. The maximum atomic E-state index is 13.3. The van der Waals surface area contributed by atoms with E-state index in [1.165, 1.54) is 22.3 Å². The number of hydrogen-bond acceptors (Lipinski definition) is 3. The van der Waals surface area contributed by atoms with Crippen molar-refractivity contribution in [3.05, 3.63) is 130 Å². The van der Waals surface area contributed by atoms with E-state index in [9.17, 15) is 14.7 Å². The van der Waals surface area contributed by atoms with Crippen LogP contribution in [0.15, 0.2) is 96.6 Å². The molecule has 5 heteroatoms. The number of para-hydroxylation sites is 1. The fourth-order valence-electron chi connectivity index (χ4n) is 6.61. The number of benzene rings is 4. The summed E-state index contributed by atoms with van der Waals surface area (Å²) >= 11 is 0. The van der Waals surface area contributed by atoms with Gasteiger partial charge in [-0.05, 0) is 108 Å². The molecule has 4 aromatic carbocycles. The zero-order valence-electron chi connectivity index (χ0n) is 24.9. The van der Waals surface area contributed by atoms with Crippen LogP contribution in [0.1, 0.15) is 76.1 Å². The molecule has 218 valence electrons. The van der Waals surface area contributed by atoms with Gasteiger partial charge in [0.1, 0.15) is 12.4 Å². The number of rotatable bonds is 6. The summed E-state index contributed by atoms with van der Waals surface area (Å²) in [5, 5.41) is 12.8. The minimum atomic E-state index is -0.919. The Hall–Kier alpha value is -4.64. The fourth-order valence-corrected chi connectivity index (χ4v) is 6.61. The predicted molar refractivity (Wildman–Crippen MR) is 171 cm³/mol. The average molecular weight is 572 g/mol. The summed E-state index contributed by atoms with van der Waals surface area (Å²) in [6, 6.07) is 29.5. The quantitative estimate of drug-likeness (QED) is 0.246. The summed E-state index contributed by atoms with van der Waals surface area (Å²) in [4.78, 5) is 25.1. The van der Waals surface area contributed by atoms with Gasteiger partial charge in [0.15, 0.2) is 0 Å². The lowest BCUT2D eigenvalue weighted by Gasteiger charge is -2.26. The summed E-state index contributed by atoms with van der Waals surface area (Å²) in [5.74, 6) is 0.608. The normalized spacial score (nSPS) is 19.5. The van der Waals surface area contributed by atoms with Gasteiger partial charge in [-0.1, -0.05) is 79.2 Å². The van der Waals surface area contributed by atoms with Crippen molar-refractivity contribution >= 4 is 17.4 Å². The van der Waals surface area contributed by atoms with Crippen LogP contribution in [-0.2, 0) is 12.8 Å². The van der Waals surface area contributed by atoms with Crippen LogP contribution in [0.25, 0.3) is 16.7 Å². The molecule has 0 saturated heterocycles. The maximum Gasteiger partial charge on any atom is 0.336 e. The number of allylic oxidation sites excluding steroid dienone is 2. The molecule has 2 N–H and O–H groups in total. The molecule has 3 atom stereocenters. The highest BCUT2D eigenvalue weighted by Gasteiger charge is 2.28. The number of carbonyl (C=O) groups is 2. The van der Waals surface area contributed by atoms with E-state index in [1.807, 2.05) is 48.5 Å². The van der Waals surface area contributed by atoms with E-state index in [0.29, 0.717) is 29.6 Å². The third kappa shape index (κ3) is 5.85. The summed E-state index contributed by atoms with van der Waals surface area (Å²) in [7, 11) is 0. The molecule has 1 heterocycles. The van der Waals surface area contributed by atoms with Gasteiger partial charge in [-0.15, -0.1) is 0 Å². The van der Waals surface area contributed by atoms with Gasteiger partial charge in [-0.25, -0.2) is 4.79 Å². The van der Waals surface area contributed by atoms with Crippen LogP contribution in [0.3, 0.4) is 0 Å². The van der Waals surface area contributed by atoms with E-state index >= 15 is 0 Å². The SMILES string of the molecule is CC1=C(C)c2cc(C(=O)NC3COc4ccccc4C3)ccc2C(C)C(Cc2ccc(-c3ccccc3C(=O)O)cc2)C1. The number of fused-ring (bicyclic) bond motifs is 2. The standard InChI is InChI=1S/C38H37NO4/c1-23-18-30(19-26-12-14-27(15-13-26)33-9-5-6-10-34(33)38(41)42)25(3)32-17-16-29(21-35(32)24(23)2)37(40)39-31-20-28-8-4-7-11-36(28)43-22-31/h4-17,21,25,30-31H,18-20,22H2,1-3H3,(H,39,40)(H,41,42). The first-order valence-electron chi connectivity index (χ1n) is 15.0. The third-order valence-corrected chi connectivity index (χ3v) is 9.26. The van der Waals surface area contributed by atoms with Crippen molar-refractivity contribution in [1.29, 1.82) is 0 Å². The maximum absolute atomic E-state index is 13.3. The minimum Gasteiger partial charge on any atom is -0.491 e. The number of aromatic carboxylic acids is 1. The Kier molecular flexibility index (Phi) is 7.90. The molecule has 3 unspecified atom stereocenters. The van der Waals surface area contributed by atoms with E-state index < -0.39 is 5.97 Å². The van der Waals surface area contributed by atoms with E-state index in [2.05, 4.69) is 56.4 Å². The van der Waals surface area contributed by atoms with Gasteiger partial charge in [-0.3, -0.25) is 4.79 Å². The van der Waals surface area contributed by atoms with E-state index in [4.69, 9.17) is 4.74 Å². The van der Waals surface area contributed by atoms with Gasteiger partial charge >= 0.3 is 5.97 Å². The van der Waals surface area contributed by atoms with E-state index in [0.717, 1.165) is 47.3 Å². The van der Waals surface area contributed by atoms with E-state index in [1.54, 1.807) is 12.1 Å². The minimum absolute atomic E-state index is 0.0631. The largest absolute Gasteiger partial charge is 0.491 e. The Bertz CT molecular complexity index is 1720. The Labute approximate surface area is 253 Å². The van der Waals surface area contributed by atoms with Crippen LogP contribution >= 0.6 is 0 Å². The van der Waals surface area contributed by atoms with Crippen LogP contribution in [0.4, 0.5) is 0 Å². The van der Waals surface area contributed by atoms with Crippen LogP contribution in [0.2, 0.25) is 0 Å². The number of carboxylic acid groups (broad SMARTS) is 1. The molecule has 0 fully saturated rings. The number of hydrogen-bond donors (Lipinski definition) is 2. The number of nitrogens with one attached hydrogen (secondary N) is 1. The molecule has 1 aliphatic carbocycles. The third-order valence-electron chi connectivity index (χ3n) is 9.26. The molecule has 0 saturated carbocycles. The van der Waals surface area contributed by atoms with E-state index in [-0.39, 0.29) is 11.9 Å². The topological polar surface area (TPSA) is 75.6 Å². The zero-order chi connectivity index (χ0) is 30.1. The lowest BCUT2D eigenvalue weighted by atomic mass is 9.80. The molecular weight excluding hydrogens is 534 g/mol. The second kappa shape index (κ2) is 11.9. The zero-order valence-corrected chi connectivity index (χ0v) is 24.9. The van der Waals surface area contributed by atoms with Gasteiger partial charge in [-0.2, -0.15) is 0 Å². The lowest BCUT2D eigenvalue weighted by molar-refractivity contribution is 0.0697. The van der Waals surface area contributed by atoms with Crippen molar-refractivity contribution < 1.29 is 19.4 Å². The number of carboxylic acids is 1. The lowest BCUT2D eigenvalue weighted by Crippen LogP contribution is -2.42. The summed E-state index contributed by atoms with van der Waals surface area (Å²) in [6.07, 6.45) is 2.65. The number of ether oxygens (including phenoxy) is 1. The molecule has 0 spiro atoms. The van der Waals surface area contributed by atoms with Crippen molar-refractivity contribution in [1.82, 2.24) is 5.32 Å². The molecule has 43 heavy (non-hydrogen) atoms. The molecule has 1 amide bonds. The summed E-state index contributed by atoms with van der Waals surface area (Å²) in [6.45, 7) is 7.14. The van der Waals surface area contributed by atoms with Crippen LogP contribution < -0.4 is 10.1 Å². The fraction of sp³-hybridized carbons (Fsp3) is 0.263. The Morgan fingerprint density at radius 1 is 0.884 bits per heavy atom. The molecule has 2 aliphatic rings. The Morgan fingerprint density at radius 3 is 2.42 bits per heavy atom. The molecule has 4 aromatic rings. The highest BCUT2D eigenvalue weighted by molar-refractivity contribution is 5.96. The highest BCUT2D eigenvalue weighted by Crippen LogP contribution is 2.41. The van der Waals surface area contributed by atoms with Gasteiger partial charge in [0.2, 0.25) is 0 Å². The summed E-state index contributed by atoms with van der Waals surface area (Å²) in [5.41, 5.74) is 10.00. The molecule has 6 rings (SSSR count). The first-order chi connectivity index (χ1) is 20.8. The molecule has 5 nitrogen and oxygen atoms in total. The van der Waals surface area contributed by atoms with Crippen LogP contribution in [-0.4, -0.2) is 29.6 Å². The van der Waals surface area contributed by atoms with Crippen molar-refractivity contribution in [3.63, 3.8) is 0 Å². The molecule has 1 aliphatic heterocycles. The summed E-state index contributed by atoms with van der Waals surface area (Å²) < 4.78 is 5.88. The second-order valence-electron chi connectivity index (χ2n) is 12.0. The highest BCUT2D eigenvalue weighted by atomic mass is 16.5. The van der Waals surface area contributed by atoms with Crippen molar-refractivity contribution in [2.75, 3.05) is 6.61 Å². The first-order valence-corrected chi connectivity index (χ1v) is 15.0. The Balaban J connectivity index is 1.19. The smallest absolute Gasteiger partial charge is 0.336 e. The predicted octanol–water partition coefficient (Wildman–Crippen LogP) is 7.94. The number of amides is 1. The molecule has 0 bridgehead atoms. The van der Waals surface area contributed by atoms with Gasteiger partial charge in [0.25, 0.3) is 5.91 Å². The number of carbonyl (C=O) groups excluding carboxylic acids is 1. The first kappa shape index (κ1) is 28.5.